The van der Waals surface area contributed by atoms with Crippen molar-refractivity contribution in [3.05, 3.63) is 39.5 Å². The number of carbonyl (C=O) groups excluding carboxylic acids is 1. The van der Waals surface area contributed by atoms with E-state index in [2.05, 4.69) is 18.4 Å². The van der Waals surface area contributed by atoms with Crippen LogP contribution in [0.4, 0.5) is 5.13 Å². The molecule has 4 rings (SSSR count). The largest absolute Gasteiger partial charge is 0.376 e. The maximum atomic E-state index is 13.1. The number of carbonyl (C=O) groups is 1. The van der Waals surface area contributed by atoms with Crippen molar-refractivity contribution in [3.8, 4) is 0 Å². The van der Waals surface area contributed by atoms with Crippen molar-refractivity contribution in [1.29, 1.82) is 0 Å². The SMILES string of the molecule is CSc1ccc2nc(N(CC3CCCO3)C(=O)c3ccc(Cl)s3)sc2c1. The Balaban J connectivity index is 1.70. The third-order valence-corrected chi connectivity index (χ3v) is 7.24. The number of nitrogens with zero attached hydrogens (tertiary/aromatic N) is 2. The molecule has 3 heterocycles. The standard InChI is InChI=1S/C18H17ClN2O2S3/c1-24-12-4-5-13-15(9-12)26-18(20-13)21(10-11-3-2-8-23-11)17(22)14-6-7-16(19)25-14/h4-7,9,11H,2-3,8,10H2,1H3. The first-order valence-electron chi connectivity index (χ1n) is 8.27. The summed E-state index contributed by atoms with van der Waals surface area (Å²) in [6.07, 6.45) is 4.12. The average Bonchev–Trinajstić information content (AvgIpc) is 3.38. The first-order chi connectivity index (χ1) is 12.6. The molecule has 0 spiro atoms. The van der Waals surface area contributed by atoms with Crippen molar-refractivity contribution in [1.82, 2.24) is 4.98 Å². The summed E-state index contributed by atoms with van der Waals surface area (Å²) < 4.78 is 7.46. The lowest BCUT2D eigenvalue weighted by Gasteiger charge is -2.22. The number of amides is 1. The van der Waals surface area contributed by atoms with E-state index in [1.54, 1.807) is 40.1 Å². The summed E-state index contributed by atoms with van der Waals surface area (Å²) in [6.45, 7) is 1.28. The van der Waals surface area contributed by atoms with E-state index in [0.717, 1.165) is 29.7 Å². The maximum absolute atomic E-state index is 13.1. The molecule has 1 fully saturated rings. The van der Waals surface area contributed by atoms with Crippen LogP contribution >= 0.6 is 46.0 Å². The number of thiazole rings is 1. The summed E-state index contributed by atoms with van der Waals surface area (Å²) in [5.74, 6) is -0.0680. The van der Waals surface area contributed by atoms with E-state index >= 15 is 0 Å². The third-order valence-electron chi connectivity index (χ3n) is 4.25. The fourth-order valence-electron chi connectivity index (χ4n) is 2.94. The maximum Gasteiger partial charge on any atom is 0.270 e. The Morgan fingerprint density at radius 2 is 2.27 bits per heavy atom. The topological polar surface area (TPSA) is 42.4 Å². The first-order valence-corrected chi connectivity index (χ1v) is 11.5. The molecule has 4 nitrogen and oxygen atoms in total. The van der Waals surface area contributed by atoms with Gasteiger partial charge in [0.25, 0.3) is 5.91 Å². The summed E-state index contributed by atoms with van der Waals surface area (Å²) in [4.78, 5) is 21.4. The molecule has 1 aliphatic rings. The van der Waals surface area contributed by atoms with Crippen molar-refractivity contribution in [2.24, 2.45) is 0 Å². The number of benzene rings is 1. The van der Waals surface area contributed by atoms with Gasteiger partial charge in [0.05, 0.1) is 32.1 Å². The van der Waals surface area contributed by atoms with E-state index in [4.69, 9.17) is 21.3 Å². The predicted molar refractivity (Wildman–Crippen MR) is 111 cm³/mol. The van der Waals surface area contributed by atoms with Gasteiger partial charge in [-0.2, -0.15) is 0 Å². The van der Waals surface area contributed by atoms with Crippen LogP contribution in [-0.4, -0.2) is 36.4 Å². The van der Waals surface area contributed by atoms with Gasteiger partial charge in [0.1, 0.15) is 0 Å². The number of halogens is 1. The Kier molecular flexibility index (Phi) is 5.52. The van der Waals surface area contributed by atoms with Crippen LogP contribution in [0, 0.1) is 0 Å². The molecule has 1 amide bonds. The molecule has 1 unspecified atom stereocenters. The van der Waals surface area contributed by atoms with Crippen LogP contribution in [-0.2, 0) is 4.74 Å². The zero-order valence-corrected chi connectivity index (χ0v) is 17.3. The third kappa shape index (κ3) is 3.77. The highest BCUT2D eigenvalue weighted by atomic mass is 35.5. The second-order valence-electron chi connectivity index (χ2n) is 5.98. The number of fused-ring (bicyclic) bond motifs is 1. The first kappa shape index (κ1) is 18.3. The van der Waals surface area contributed by atoms with Crippen molar-refractivity contribution in [2.45, 2.75) is 23.8 Å². The molecule has 26 heavy (non-hydrogen) atoms. The number of hydrogen-bond donors (Lipinski definition) is 0. The van der Waals surface area contributed by atoms with Crippen molar-refractivity contribution >= 4 is 67.3 Å². The van der Waals surface area contributed by atoms with Crippen molar-refractivity contribution in [2.75, 3.05) is 24.3 Å². The van der Waals surface area contributed by atoms with Gasteiger partial charge in [-0.25, -0.2) is 4.98 Å². The summed E-state index contributed by atoms with van der Waals surface area (Å²) in [7, 11) is 0. The van der Waals surface area contributed by atoms with Gasteiger partial charge in [-0.15, -0.1) is 23.1 Å². The van der Waals surface area contributed by atoms with Gasteiger partial charge in [0, 0.05) is 11.5 Å². The molecule has 0 N–H and O–H groups in total. The Morgan fingerprint density at radius 3 is 2.96 bits per heavy atom. The minimum atomic E-state index is -0.0680. The number of anilines is 1. The molecule has 0 aliphatic carbocycles. The number of rotatable bonds is 5. The Hall–Kier alpha value is -1.12. The van der Waals surface area contributed by atoms with Gasteiger partial charge in [0.15, 0.2) is 5.13 Å². The fourth-order valence-corrected chi connectivity index (χ4v) is 5.46. The van der Waals surface area contributed by atoms with Gasteiger partial charge in [-0.05, 0) is 49.4 Å². The smallest absolute Gasteiger partial charge is 0.270 e. The number of hydrogen-bond acceptors (Lipinski definition) is 6. The van der Waals surface area contributed by atoms with E-state index in [1.807, 2.05) is 6.07 Å². The number of aromatic nitrogens is 1. The number of thiophene rings is 1. The predicted octanol–water partition coefficient (Wildman–Crippen LogP) is 5.56. The van der Waals surface area contributed by atoms with Gasteiger partial charge in [0.2, 0.25) is 0 Å². The summed E-state index contributed by atoms with van der Waals surface area (Å²) in [6, 6.07) is 9.72. The monoisotopic (exact) mass is 424 g/mol. The lowest BCUT2D eigenvalue weighted by atomic mass is 10.2. The van der Waals surface area contributed by atoms with Crippen LogP contribution < -0.4 is 4.90 Å². The van der Waals surface area contributed by atoms with Crippen LogP contribution in [0.3, 0.4) is 0 Å². The van der Waals surface area contributed by atoms with Crippen LogP contribution in [0.15, 0.2) is 35.2 Å². The normalized spacial score (nSPS) is 17.1. The molecule has 1 aliphatic heterocycles. The lowest BCUT2D eigenvalue weighted by Crippen LogP contribution is -2.37. The molecule has 8 heteroatoms. The van der Waals surface area contributed by atoms with E-state index in [1.165, 1.54) is 16.2 Å². The highest BCUT2D eigenvalue weighted by molar-refractivity contribution is 7.98. The molecule has 2 aromatic heterocycles. The molecule has 0 radical (unpaired) electrons. The van der Waals surface area contributed by atoms with Crippen LogP contribution in [0.5, 0.6) is 0 Å². The molecule has 3 aromatic rings. The van der Waals surface area contributed by atoms with Gasteiger partial charge < -0.3 is 4.74 Å². The Labute approximate surface area is 169 Å². The quantitative estimate of drug-likeness (QED) is 0.503. The summed E-state index contributed by atoms with van der Waals surface area (Å²) in [5.41, 5.74) is 0.914. The van der Waals surface area contributed by atoms with Crippen LogP contribution in [0.2, 0.25) is 4.34 Å². The van der Waals surface area contributed by atoms with E-state index in [9.17, 15) is 4.79 Å². The summed E-state index contributed by atoms with van der Waals surface area (Å²) in [5, 5.41) is 0.711. The van der Waals surface area contributed by atoms with Crippen molar-refractivity contribution in [3.63, 3.8) is 0 Å². The second kappa shape index (κ2) is 7.86. The molecule has 1 atom stereocenters. The van der Waals surface area contributed by atoms with E-state index in [-0.39, 0.29) is 12.0 Å². The Morgan fingerprint density at radius 1 is 1.38 bits per heavy atom. The van der Waals surface area contributed by atoms with Crippen LogP contribution in [0.1, 0.15) is 22.5 Å². The highest BCUT2D eigenvalue weighted by Gasteiger charge is 2.27. The Bertz CT molecular complexity index is 934. The molecule has 1 saturated heterocycles. The van der Waals surface area contributed by atoms with Crippen LogP contribution in [0.25, 0.3) is 10.2 Å². The minimum Gasteiger partial charge on any atom is -0.376 e. The molecule has 0 saturated carbocycles. The molecule has 0 bridgehead atoms. The number of ether oxygens (including phenoxy) is 1. The van der Waals surface area contributed by atoms with Crippen molar-refractivity contribution < 1.29 is 9.53 Å². The van der Waals surface area contributed by atoms with Gasteiger partial charge >= 0.3 is 0 Å². The fraction of sp³-hybridized carbons (Fsp3) is 0.333. The summed E-state index contributed by atoms with van der Waals surface area (Å²) >= 11 is 10.6. The molecular formula is C18H17ClN2O2S3. The lowest BCUT2D eigenvalue weighted by molar-refractivity contribution is 0.0920. The van der Waals surface area contributed by atoms with E-state index < -0.39 is 0 Å². The number of thioether (sulfide) groups is 1. The van der Waals surface area contributed by atoms with Gasteiger partial charge in [-0.1, -0.05) is 22.9 Å². The molecule has 136 valence electrons. The minimum absolute atomic E-state index is 0.0585. The highest BCUT2D eigenvalue weighted by Crippen LogP contribution is 2.34. The zero-order chi connectivity index (χ0) is 18.1. The van der Waals surface area contributed by atoms with Gasteiger partial charge in [-0.3, -0.25) is 9.69 Å². The molecule has 1 aromatic carbocycles. The molecular weight excluding hydrogens is 408 g/mol. The zero-order valence-electron chi connectivity index (χ0n) is 14.1. The van der Waals surface area contributed by atoms with E-state index in [0.29, 0.717) is 20.9 Å². The second-order valence-corrected chi connectivity index (χ2v) is 9.59. The average molecular weight is 425 g/mol.